The van der Waals surface area contributed by atoms with E-state index in [0.29, 0.717) is 11.3 Å². The number of alkyl halides is 3. The monoisotopic (exact) mass is 421 g/mol. The van der Waals surface area contributed by atoms with E-state index in [1.54, 1.807) is 29.0 Å². The quantitative estimate of drug-likeness (QED) is 0.605. The van der Waals surface area contributed by atoms with Gasteiger partial charge in [-0.1, -0.05) is 5.16 Å². The standard InChI is InChI=1S/C19H18F3N5O3/c1-26-9-15(23-11-26)18(28)27(13-3-2-4-13)10-16-24-17(25-30-16)12-5-7-14(8-6-12)29-19(20,21)22/h5-9,11,13H,2-4,10H2,1H3. The summed E-state index contributed by atoms with van der Waals surface area (Å²) in [6, 6.07) is 5.22. The molecule has 158 valence electrons. The van der Waals surface area contributed by atoms with Gasteiger partial charge >= 0.3 is 6.36 Å². The Morgan fingerprint density at radius 1 is 1.30 bits per heavy atom. The zero-order valence-corrected chi connectivity index (χ0v) is 16.0. The molecule has 8 nitrogen and oxygen atoms in total. The van der Waals surface area contributed by atoms with Crippen LogP contribution in [0.2, 0.25) is 0 Å². The van der Waals surface area contributed by atoms with E-state index in [0.717, 1.165) is 19.3 Å². The number of halogens is 3. The van der Waals surface area contributed by atoms with Gasteiger partial charge < -0.3 is 18.7 Å². The second-order valence-electron chi connectivity index (χ2n) is 7.03. The van der Waals surface area contributed by atoms with Crippen molar-refractivity contribution >= 4 is 5.91 Å². The molecule has 1 aliphatic rings. The highest BCUT2D eigenvalue weighted by Gasteiger charge is 2.32. The zero-order chi connectivity index (χ0) is 21.3. The first-order valence-electron chi connectivity index (χ1n) is 9.26. The lowest BCUT2D eigenvalue weighted by Gasteiger charge is -2.36. The van der Waals surface area contributed by atoms with E-state index in [1.165, 1.54) is 24.3 Å². The molecule has 0 spiro atoms. The lowest BCUT2D eigenvalue weighted by Crippen LogP contribution is -2.43. The van der Waals surface area contributed by atoms with Crippen molar-refractivity contribution in [2.75, 3.05) is 0 Å². The van der Waals surface area contributed by atoms with Crippen molar-refractivity contribution in [1.82, 2.24) is 24.6 Å². The highest BCUT2D eigenvalue weighted by molar-refractivity contribution is 5.92. The number of benzene rings is 1. The largest absolute Gasteiger partial charge is 0.573 e. The van der Waals surface area contributed by atoms with Crippen molar-refractivity contribution in [2.45, 2.75) is 38.2 Å². The van der Waals surface area contributed by atoms with Crippen molar-refractivity contribution in [3.8, 4) is 17.1 Å². The van der Waals surface area contributed by atoms with Gasteiger partial charge in [-0.25, -0.2) is 4.98 Å². The minimum Gasteiger partial charge on any atom is -0.406 e. The molecule has 1 saturated carbocycles. The number of carbonyl (C=O) groups excluding carboxylic acids is 1. The molecule has 0 atom stereocenters. The first-order chi connectivity index (χ1) is 14.3. The van der Waals surface area contributed by atoms with E-state index in [2.05, 4.69) is 19.9 Å². The van der Waals surface area contributed by atoms with E-state index < -0.39 is 6.36 Å². The van der Waals surface area contributed by atoms with Crippen LogP contribution in [0.15, 0.2) is 41.3 Å². The summed E-state index contributed by atoms with van der Waals surface area (Å²) >= 11 is 0. The molecule has 2 aromatic heterocycles. The number of aromatic nitrogens is 4. The van der Waals surface area contributed by atoms with E-state index >= 15 is 0 Å². The molecule has 11 heteroatoms. The molecule has 0 saturated heterocycles. The molecular formula is C19H18F3N5O3. The van der Waals surface area contributed by atoms with Crippen LogP contribution in [0.25, 0.3) is 11.4 Å². The van der Waals surface area contributed by atoms with Crippen LogP contribution in [0, 0.1) is 0 Å². The van der Waals surface area contributed by atoms with Crippen LogP contribution >= 0.6 is 0 Å². The summed E-state index contributed by atoms with van der Waals surface area (Å²) in [5.41, 5.74) is 0.801. The Balaban J connectivity index is 1.49. The van der Waals surface area contributed by atoms with Crippen molar-refractivity contribution in [2.24, 2.45) is 7.05 Å². The van der Waals surface area contributed by atoms with Crippen LogP contribution in [0.1, 0.15) is 35.6 Å². The topological polar surface area (TPSA) is 86.3 Å². The Morgan fingerprint density at radius 2 is 2.03 bits per heavy atom. The summed E-state index contributed by atoms with van der Waals surface area (Å²) < 4.78 is 47.7. The van der Waals surface area contributed by atoms with Gasteiger partial charge in [0.25, 0.3) is 5.91 Å². The Kier molecular flexibility index (Phi) is 5.18. The SMILES string of the molecule is Cn1cnc(C(=O)N(Cc2nc(-c3ccc(OC(F)(F)F)cc3)no2)C2CCC2)c1. The van der Waals surface area contributed by atoms with Crippen LogP contribution in [0.4, 0.5) is 13.2 Å². The lowest BCUT2D eigenvalue weighted by atomic mass is 9.91. The first kappa shape index (κ1) is 19.9. The van der Waals surface area contributed by atoms with Crippen LogP contribution in [0.3, 0.4) is 0 Å². The van der Waals surface area contributed by atoms with Crippen molar-refractivity contribution in [3.05, 3.63) is 48.4 Å². The van der Waals surface area contributed by atoms with E-state index in [9.17, 15) is 18.0 Å². The molecule has 1 aromatic carbocycles. The Morgan fingerprint density at radius 3 is 2.60 bits per heavy atom. The Labute approximate surface area is 169 Å². The van der Waals surface area contributed by atoms with Gasteiger partial charge in [-0.2, -0.15) is 4.98 Å². The number of carbonyl (C=O) groups is 1. The van der Waals surface area contributed by atoms with E-state index in [-0.39, 0.29) is 36.0 Å². The van der Waals surface area contributed by atoms with Crippen molar-refractivity contribution < 1.29 is 27.2 Å². The van der Waals surface area contributed by atoms with Crippen LogP contribution in [-0.4, -0.2) is 42.9 Å². The summed E-state index contributed by atoms with van der Waals surface area (Å²) in [7, 11) is 1.78. The number of nitrogens with zero attached hydrogens (tertiary/aromatic N) is 5. The molecule has 1 amide bonds. The maximum atomic E-state index is 12.9. The number of aryl methyl sites for hydroxylation is 1. The molecule has 0 aliphatic heterocycles. The second-order valence-corrected chi connectivity index (χ2v) is 7.03. The van der Waals surface area contributed by atoms with Gasteiger partial charge in [0.05, 0.1) is 6.33 Å². The van der Waals surface area contributed by atoms with Gasteiger partial charge in [0.2, 0.25) is 11.7 Å². The Hall–Kier alpha value is -3.37. The van der Waals surface area contributed by atoms with Gasteiger partial charge in [-0.3, -0.25) is 4.79 Å². The van der Waals surface area contributed by atoms with Crippen LogP contribution < -0.4 is 4.74 Å². The molecule has 4 rings (SSSR count). The fourth-order valence-corrected chi connectivity index (χ4v) is 3.12. The summed E-state index contributed by atoms with van der Waals surface area (Å²) in [4.78, 5) is 23.0. The third-order valence-electron chi connectivity index (χ3n) is 4.82. The molecule has 1 aliphatic carbocycles. The molecule has 0 bridgehead atoms. The predicted molar refractivity (Wildman–Crippen MR) is 97.1 cm³/mol. The molecule has 0 unspecified atom stereocenters. The minimum atomic E-state index is -4.76. The average Bonchev–Trinajstić information content (AvgIpc) is 3.27. The maximum absolute atomic E-state index is 12.9. The lowest BCUT2D eigenvalue weighted by molar-refractivity contribution is -0.274. The summed E-state index contributed by atoms with van der Waals surface area (Å²) in [5, 5.41) is 3.88. The first-order valence-corrected chi connectivity index (χ1v) is 9.26. The second kappa shape index (κ2) is 7.81. The highest BCUT2D eigenvalue weighted by Crippen LogP contribution is 2.28. The van der Waals surface area contributed by atoms with Gasteiger partial charge in [-0.05, 0) is 43.5 Å². The minimum absolute atomic E-state index is 0.0775. The molecule has 3 aromatic rings. The predicted octanol–water partition coefficient (Wildman–Crippen LogP) is 3.56. The molecule has 2 heterocycles. The van der Waals surface area contributed by atoms with E-state index in [1.807, 2.05) is 0 Å². The fraction of sp³-hybridized carbons (Fsp3) is 0.368. The molecule has 0 radical (unpaired) electrons. The molecule has 30 heavy (non-hydrogen) atoms. The summed E-state index contributed by atoms with van der Waals surface area (Å²) in [6.45, 7) is 0.127. The van der Waals surface area contributed by atoms with Crippen LogP contribution in [0.5, 0.6) is 5.75 Å². The maximum Gasteiger partial charge on any atom is 0.573 e. The number of rotatable bonds is 6. The third kappa shape index (κ3) is 4.44. The smallest absolute Gasteiger partial charge is 0.406 e. The molecular weight excluding hydrogens is 403 g/mol. The molecule has 1 fully saturated rings. The van der Waals surface area contributed by atoms with Gasteiger partial charge in [0.1, 0.15) is 18.0 Å². The summed E-state index contributed by atoms with van der Waals surface area (Å²) in [6.07, 6.45) is 1.27. The fourth-order valence-electron chi connectivity index (χ4n) is 3.12. The Bertz CT molecular complexity index is 1020. The number of imidazole rings is 1. The zero-order valence-electron chi connectivity index (χ0n) is 16.0. The number of hydrogen-bond donors (Lipinski definition) is 0. The highest BCUT2D eigenvalue weighted by atomic mass is 19.4. The van der Waals surface area contributed by atoms with Crippen molar-refractivity contribution in [3.63, 3.8) is 0 Å². The van der Waals surface area contributed by atoms with E-state index in [4.69, 9.17) is 4.52 Å². The number of amides is 1. The third-order valence-corrected chi connectivity index (χ3v) is 4.82. The average molecular weight is 421 g/mol. The number of hydrogen-bond acceptors (Lipinski definition) is 6. The number of ether oxygens (including phenoxy) is 1. The normalized spacial score (nSPS) is 14.4. The van der Waals surface area contributed by atoms with Gasteiger partial charge in [0, 0.05) is 24.8 Å². The summed E-state index contributed by atoms with van der Waals surface area (Å²) in [5.74, 6) is -0.111. The van der Waals surface area contributed by atoms with Gasteiger partial charge in [-0.15, -0.1) is 13.2 Å². The van der Waals surface area contributed by atoms with Crippen LogP contribution in [-0.2, 0) is 13.6 Å². The molecule has 0 N–H and O–H groups in total. The van der Waals surface area contributed by atoms with Crippen molar-refractivity contribution in [1.29, 1.82) is 0 Å². The van der Waals surface area contributed by atoms with Gasteiger partial charge in [0.15, 0.2) is 0 Å².